The molecule has 0 heterocycles. The quantitative estimate of drug-likeness (QED) is 0.383. The maximum atomic E-state index is 10.2. The maximum Gasteiger partial charge on any atom is 0.0578 e. The van der Waals surface area contributed by atoms with E-state index in [2.05, 4.69) is 65.8 Å². The van der Waals surface area contributed by atoms with Crippen LogP contribution in [0.2, 0.25) is 0 Å². The fourth-order valence-electron chi connectivity index (χ4n) is 7.59. The van der Waals surface area contributed by atoms with Gasteiger partial charge in [-0.3, -0.25) is 0 Å². The Balaban J connectivity index is 1.57. The molecule has 162 valence electrons. The predicted molar refractivity (Wildman–Crippen MR) is 123 cm³/mol. The van der Waals surface area contributed by atoms with Crippen molar-refractivity contribution >= 4 is 0 Å². The van der Waals surface area contributed by atoms with E-state index in [-0.39, 0.29) is 6.10 Å². The van der Waals surface area contributed by atoms with Crippen LogP contribution in [0.5, 0.6) is 0 Å². The van der Waals surface area contributed by atoms with Crippen molar-refractivity contribution in [3.8, 4) is 0 Å². The molecule has 0 aliphatic heterocycles. The van der Waals surface area contributed by atoms with Crippen LogP contribution in [-0.4, -0.2) is 11.2 Å². The molecule has 1 N–H and O–H groups in total. The average molecular weight is 407 g/mol. The van der Waals surface area contributed by atoms with Crippen LogP contribution in [0.3, 0.4) is 0 Å². The number of fused-ring (bicyclic) bond motifs is 5. The van der Waals surface area contributed by atoms with Crippen molar-refractivity contribution in [3.63, 3.8) is 0 Å². The van der Waals surface area contributed by atoms with E-state index in [0.29, 0.717) is 22.7 Å². The molecule has 0 bridgehead atoms. The molecule has 3 saturated carbocycles. The number of aliphatic hydroxyl groups is 1. The summed E-state index contributed by atoms with van der Waals surface area (Å²) in [6.07, 6.45) is 18.4. The van der Waals surface area contributed by atoms with Gasteiger partial charge in [0.05, 0.1) is 6.10 Å². The molecule has 0 saturated heterocycles. The maximum absolute atomic E-state index is 10.2. The largest absolute Gasteiger partial charge is 0.393 e. The molecule has 0 aromatic heterocycles. The highest BCUT2D eigenvalue weighted by atomic mass is 16.3. The van der Waals surface area contributed by atoms with Gasteiger partial charge in [0.25, 0.3) is 0 Å². The lowest BCUT2D eigenvalue weighted by Crippen LogP contribution is -2.46. The summed E-state index contributed by atoms with van der Waals surface area (Å²) >= 11 is 0. The van der Waals surface area contributed by atoms with Crippen molar-refractivity contribution < 1.29 is 5.11 Å². The molecular formula is C28H44O. The first-order chi connectivity index (χ1) is 13.7. The second kappa shape index (κ2) is 7.70. The van der Waals surface area contributed by atoms with E-state index >= 15 is 0 Å². The number of aliphatic hydroxyl groups excluding tert-OH is 1. The van der Waals surface area contributed by atoms with E-state index in [9.17, 15) is 5.11 Å². The zero-order valence-corrected chi connectivity index (χ0v) is 19.7. The molecule has 9 atom stereocenters. The molecule has 0 radical (unpaired) electrons. The third kappa shape index (κ3) is 3.50. The Labute approximate surface area is 179 Å². The van der Waals surface area contributed by atoms with Gasteiger partial charge < -0.3 is 5.11 Å². The van der Waals surface area contributed by atoms with Crippen LogP contribution in [0.15, 0.2) is 35.5 Å². The van der Waals surface area contributed by atoms with Gasteiger partial charge in [-0.2, -0.15) is 0 Å². The first kappa shape index (κ1) is 21.4. The molecule has 4 aliphatic carbocycles. The fourth-order valence-corrected chi connectivity index (χ4v) is 7.59. The van der Waals surface area contributed by atoms with Crippen molar-refractivity contribution in [2.45, 2.75) is 92.6 Å². The van der Waals surface area contributed by atoms with Gasteiger partial charge in [-0.1, -0.05) is 77.0 Å². The second-order valence-corrected chi connectivity index (χ2v) is 11.9. The predicted octanol–water partition coefficient (Wildman–Crippen LogP) is 7.33. The summed E-state index contributed by atoms with van der Waals surface area (Å²) in [4.78, 5) is 0. The van der Waals surface area contributed by atoms with Crippen molar-refractivity contribution in [3.05, 3.63) is 35.5 Å². The minimum absolute atomic E-state index is 0.116. The minimum atomic E-state index is -0.116. The molecule has 0 spiro atoms. The third-order valence-electron chi connectivity index (χ3n) is 10.0. The lowest BCUT2D eigenvalue weighted by Gasteiger charge is -2.55. The second-order valence-electron chi connectivity index (χ2n) is 11.9. The number of hydrogen-bond acceptors (Lipinski definition) is 1. The van der Waals surface area contributed by atoms with Gasteiger partial charge in [0.1, 0.15) is 0 Å². The molecule has 4 rings (SSSR count). The van der Waals surface area contributed by atoms with Crippen molar-refractivity contribution in [1.29, 1.82) is 0 Å². The Morgan fingerprint density at radius 3 is 2.41 bits per heavy atom. The molecular weight excluding hydrogens is 362 g/mol. The Bertz CT molecular complexity index is 712. The van der Waals surface area contributed by atoms with Gasteiger partial charge >= 0.3 is 0 Å². The molecule has 3 fully saturated rings. The minimum Gasteiger partial charge on any atom is -0.393 e. The highest BCUT2D eigenvalue weighted by Gasteiger charge is 2.56. The Morgan fingerprint density at radius 1 is 0.931 bits per heavy atom. The summed E-state index contributed by atoms with van der Waals surface area (Å²) in [5.74, 6) is 4.38. The number of hydrogen-bond donors (Lipinski definition) is 1. The first-order valence-electron chi connectivity index (χ1n) is 12.4. The molecule has 0 amide bonds. The SMILES string of the molecule is CC([13CH3])[C@@H](C)/[13CH]=C/[C@@H]([13CH3])[C@H]1[13CH2]C[C@H]2C3=C[13CH]=C4C[C@@H](O)[13CH2]C[C@]4([13CH3])[C@H]3[13CH2][13CH2][C@]12[13CH3]. The smallest absolute Gasteiger partial charge is 0.0578 e. The van der Waals surface area contributed by atoms with Gasteiger partial charge in [0.2, 0.25) is 0 Å². The zero-order chi connectivity index (χ0) is 21.0. The van der Waals surface area contributed by atoms with Crippen LogP contribution in [-0.2, 0) is 0 Å². The first-order valence-corrected chi connectivity index (χ1v) is 12.4. The van der Waals surface area contributed by atoms with Crippen LogP contribution < -0.4 is 0 Å². The van der Waals surface area contributed by atoms with Crippen LogP contribution in [0, 0.1) is 46.3 Å². The van der Waals surface area contributed by atoms with E-state index in [1.165, 1.54) is 37.7 Å². The van der Waals surface area contributed by atoms with E-state index in [1.807, 2.05) is 0 Å². The molecule has 29 heavy (non-hydrogen) atoms. The number of rotatable bonds is 4. The number of allylic oxidation sites excluding steroid dienone is 5. The molecule has 1 heteroatoms. The molecule has 0 aromatic rings. The van der Waals surface area contributed by atoms with Crippen LogP contribution in [0.1, 0.15) is 86.5 Å². The van der Waals surface area contributed by atoms with E-state index in [0.717, 1.165) is 36.5 Å². The van der Waals surface area contributed by atoms with Crippen LogP contribution in [0.4, 0.5) is 0 Å². The molecule has 0 aromatic carbocycles. The van der Waals surface area contributed by atoms with Crippen molar-refractivity contribution in [1.82, 2.24) is 0 Å². The normalized spacial score (nSPS) is 44.9. The summed E-state index contributed by atoms with van der Waals surface area (Å²) in [6.45, 7) is 14.6. The summed E-state index contributed by atoms with van der Waals surface area (Å²) in [6, 6.07) is 0. The summed E-state index contributed by atoms with van der Waals surface area (Å²) in [7, 11) is 0. The van der Waals surface area contributed by atoms with Gasteiger partial charge in [-0.25, -0.2) is 0 Å². The summed E-state index contributed by atoms with van der Waals surface area (Å²) in [5.41, 5.74) is 4.07. The van der Waals surface area contributed by atoms with Gasteiger partial charge in [0, 0.05) is 0 Å². The fraction of sp³-hybridized carbons (Fsp3) is 0.786. The average Bonchev–Trinajstić information content (AvgIpc) is 3.03. The summed E-state index contributed by atoms with van der Waals surface area (Å²) in [5, 5.41) is 10.2. The topological polar surface area (TPSA) is 20.2 Å². The Morgan fingerprint density at radius 2 is 1.69 bits per heavy atom. The molecule has 1 unspecified atom stereocenters. The standard InChI is InChI=1S/C28H44O/c1-18(2)19(3)7-8-20(4)24-11-12-25-23-10-9-21-17-22(29)13-15-27(21,5)26(23)14-16-28(24,25)6/h7-10,18-20,22,24-26,29H,11-17H2,1-6H3/b8-7+/t19-,20+,22-,24+,25-,26-,27-,28+/m0/s1/i1+1,4+1,5+1,6+1,7+1,9+1,11+1,13+1,14+1,16+1/t18?,19-,20+,22-,24+,25-,26-,27-,28+. The van der Waals surface area contributed by atoms with Gasteiger partial charge in [0.15, 0.2) is 0 Å². The zero-order valence-electron chi connectivity index (χ0n) is 19.7. The molecule has 4 aliphatic rings. The lowest BCUT2D eigenvalue weighted by atomic mass is 9.63. The van der Waals surface area contributed by atoms with Crippen LogP contribution >= 0.6 is 0 Å². The van der Waals surface area contributed by atoms with E-state index in [4.69, 9.17) is 0 Å². The van der Waals surface area contributed by atoms with E-state index in [1.54, 1.807) is 5.57 Å². The lowest BCUT2D eigenvalue weighted by molar-refractivity contribution is 0.0382. The van der Waals surface area contributed by atoms with Crippen LogP contribution in [0.25, 0.3) is 0 Å². The van der Waals surface area contributed by atoms with Crippen molar-refractivity contribution in [2.24, 2.45) is 46.3 Å². The van der Waals surface area contributed by atoms with E-state index < -0.39 is 0 Å². The van der Waals surface area contributed by atoms with Gasteiger partial charge in [-0.15, -0.1) is 0 Å². The molecule has 1 nitrogen and oxygen atoms in total. The highest BCUT2D eigenvalue weighted by Crippen LogP contribution is 2.65. The Kier molecular flexibility index (Phi) is 5.69. The van der Waals surface area contributed by atoms with Gasteiger partial charge in [-0.05, 0) is 91.3 Å². The Hall–Kier alpha value is -0.820. The van der Waals surface area contributed by atoms with Crippen molar-refractivity contribution in [2.75, 3.05) is 0 Å². The summed E-state index contributed by atoms with van der Waals surface area (Å²) < 4.78 is 0. The third-order valence-corrected chi connectivity index (χ3v) is 10.0. The highest BCUT2D eigenvalue weighted by molar-refractivity contribution is 5.39. The monoisotopic (exact) mass is 406 g/mol.